The molecule has 3 saturated carbocycles. The molecule has 4 nitrogen and oxygen atoms in total. The van der Waals surface area contributed by atoms with E-state index in [-0.39, 0.29) is 35.3 Å². The molecule has 0 spiro atoms. The van der Waals surface area contributed by atoms with Crippen LogP contribution in [0.1, 0.15) is 64.4 Å². The highest BCUT2D eigenvalue weighted by Gasteiger charge is 2.56. The van der Waals surface area contributed by atoms with Gasteiger partial charge in [-0.2, -0.15) is 0 Å². The molecule has 7 atom stereocenters. The maximum atomic E-state index is 14.5. The third-order valence-electron chi connectivity index (χ3n) is 9.92. The van der Waals surface area contributed by atoms with Crippen LogP contribution >= 0.6 is 0 Å². The Labute approximate surface area is 198 Å². The smallest absolute Gasteiger partial charge is 0.131 e. The average molecular weight is 460 g/mol. The Kier molecular flexibility index (Phi) is 7.24. The van der Waals surface area contributed by atoms with Crippen molar-refractivity contribution in [2.45, 2.75) is 71.4 Å². The molecule has 0 radical (unpaired) electrons. The Morgan fingerprint density at radius 3 is 2.67 bits per heavy atom. The summed E-state index contributed by atoms with van der Waals surface area (Å²) in [6.07, 6.45) is 6.70. The summed E-state index contributed by atoms with van der Waals surface area (Å²) >= 11 is 0. The molecule has 4 rings (SSSR count). The number of halogens is 1. The fourth-order valence-electron chi connectivity index (χ4n) is 7.64. The summed E-state index contributed by atoms with van der Waals surface area (Å²) in [4.78, 5) is 0. The summed E-state index contributed by atoms with van der Waals surface area (Å²) in [6, 6.07) is 5.05. The first-order chi connectivity index (χ1) is 15.7. The first-order valence-corrected chi connectivity index (χ1v) is 12.7. The lowest BCUT2D eigenvalue weighted by Gasteiger charge is -2.56. The van der Waals surface area contributed by atoms with Gasteiger partial charge < -0.3 is 20.3 Å². The van der Waals surface area contributed by atoms with Gasteiger partial charge in [-0.1, -0.05) is 32.1 Å². The van der Waals surface area contributed by atoms with Gasteiger partial charge in [-0.25, -0.2) is 4.39 Å². The van der Waals surface area contributed by atoms with Crippen LogP contribution in [-0.4, -0.2) is 36.6 Å². The zero-order valence-corrected chi connectivity index (χ0v) is 20.6. The van der Waals surface area contributed by atoms with Gasteiger partial charge in [0.1, 0.15) is 11.6 Å². The first kappa shape index (κ1) is 24.7. The zero-order valence-electron chi connectivity index (χ0n) is 20.6. The highest BCUT2D eigenvalue weighted by atomic mass is 19.1. The van der Waals surface area contributed by atoms with Crippen molar-refractivity contribution in [2.24, 2.45) is 34.5 Å². The van der Waals surface area contributed by atoms with Crippen molar-refractivity contribution in [3.63, 3.8) is 0 Å². The van der Waals surface area contributed by atoms with E-state index < -0.39 is 0 Å². The topological polar surface area (TPSA) is 61.7 Å². The Hall–Kier alpha value is -1.43. The molecule has 3 fully saturated rings. The van der Waals surface area contributed by atoms with E-state index in [0.717, 1.165) is 45.1 Å². The third kappa shape index (κ3) is 4.49. The van der Waals surface area contributed by atoms with Gasteiger partial charge in [-0.15, -0.1) is 0 Å². The van der Waals surface area contributed by atoms with E-state index >= 15 is 0 Å². The number of fused-ring (bicyclic) bond motifs is 1. The van der Waals surface area contributed by atoms with Crippen LogP contribution in [0.25, 0.3) is 0 Å². The first-order valence-electron chi connectivity index (χ1n) is 12.7. The van der Waals surface area contributed by atoms with Crippen LogP contribution in [0.15, 0.2) is 30.4 Å². The summed E-state index contributed by atoms with van der Waals surface area (Å²) in [6.45, 7) is 10.7. The molecule has 3 aliphatic rings. The Morgan fingerprint density at radius 1 is 1.18 bits per heavy atom. The van der Waals surface area contributed by atoms with E-state index in [0.29, 0.717) is 42.0 Å². The number of allylic oxidation sites excluding steroid dienone is 1. The number of aliphatic hydroxyl groups is 2. The van der Waals surface area contributed by atoms with Crippen LogP contribution in [0, 0.1) is 40.3 Å². The van der Waals surface area contributed by atoms with E-state index in [2.05, 4.69) is 25.7 Å². The molecule has 3 aliphatic carbocycles. The molecule has 0 aromatic heterocycles. The Morgan fingerprint density at radius 2 is 1.97 bits per heavy atom. The largest absolute Gasteiger partial charge is 0.497 e. The van der Waals surface area contributed by atoms with Gasteiger partial charge in [0.05, 0.1) is 13.2 Å². The van der Waals surface area contributed by atoms with Crippen molar-refractivity contribution >= 4 is 0 Å². The summed E-state index contributed by atoms with van der Waals surface area (Å²) in [5.41, 5.74) is 2.23. The van der Waals surface area contributed by atoms with Crippen LogP contribution < -0.4 is 10.1 Å². The highest BCUT2D eigenvalue weighted by Crippen LogP contribution is 2.63. The fraction of sp³-hybridized carbons (Fsp3) is 0.714. The molecule has 0 amide bonds. The van der Waals surface area contributed by atoms with Crippen LogP contribution in [0.2, 0.25) is 0 Å². The number of ether oxygens (including phenoxy) is 1. The molecule has 184 valence electrons. The molecule has 0 bridgehead atoms. The predicted molar refractivity (Wildman–Crippen MR) is 129 cm³/mol. The summed E-state index contributed by atoms with van der Waals surface area (Å²) in [5, 5.41) is 24.1. The summed E-state index contributed by atoms with van der Waals surface area (Å²) < 4.78 is 19.6. The van der Waals surface area contributed by atoms with E-state index in [4.69, 9.17) is 4.74 Å². The minimum Gasteiger partial charge on any atom is -0.497 e. The quantitative estimate of drug-likeness (QED) is 0.498. The highest BCUT2D eigenvalue weighted by molar-refractivity contribution is 5.29. The minimum absolute atomic E-state index is 0.0109. The maximum Gasteiger partial charge on any atom is 0.131 e. The monoisotopic (exact) mass is 459 g/mol. The van der Waals surface area contributed by atoms with Crippen LogP contribution in [0.4, 0.5) is 4.39 Å². The molecule has 33 heavy (non-hydrogen) atoms. The summed E-state index contributed by atoms with van der Waals surface area (Å²) in [7, 11) is 1.55. The SMILES string of the molecule is C=C1CCC2C(CNCc3ccc(OC)cc3F)C(C3(C)CCC(O)CC3CO)CCC12C. The maximum absolute atomic E-state index is 14.5. The normalized spacial score (nSPS) is 38.8. The number of rotatable bonds is 7. The van der Waals surface area contributed by atoms with Crippen LogP contribution in [0.3, 0.4) is 0 Å². The lowest BCUT2D eigenvalue weighted by atomic mass is 9.49. The van der Waals surface area contributed by atoms with E-state index in [9.17, 15) is 14.6 Å². The predicted octanol–water partition coefficient (Wildman–Crippen LogP) is 5.08. The number of hydrogen-bond donors (Lipinski definition) is 3. The fourth-order valence-corrected chi connectivity index (χ4v) is 7.64. The number of hydrogen-bond acceptors (Lipinski definition) is 4. The average Bonchev–Trinajstić information content (AvgIpc) is 3.11. The number of benzene rings is 1. The minimum atomic E-state index is -0.301. The van der Waals surface area contributed by atoms with Crippen molar-refractivity contribution in [3.05, 3.63) is 41.7 Å². The molecule has 0 saturated heterocycles. The van der Waals surface area contributed by atoms with E-state index in [1.165, 1.54) is 11.6 Å². The molecule has 5 heteroatoms. The van der Waals surface area contributed by atoms with Gasteiger partial charge in [0, 0.05) is 24.8 Å². The number of methoxy groups -OCH3 is 1. The molecule has 1 aromatic carbocycles. The zero-order chi connectivity index (χ0) is 23.8. The van der Waals surface area contributed by atoms with Crippen LogP contribution in [-0.2, 0) is 6.54 Å². The standard InChI is InChI=1S/C28H42FNO3/c1-18-5-8-24-23(16-30-15-19-6-7-22(33-4)14-26(19)29)25(10-12-27(18,24)2)28(3)11-9-21(32)13-20(28)17-31/h6-7,14,20-21,23-25,30-32H,1,5,8-13,15-17H2,2-4H3. The third-order valence-corrected chi connectivity index (χ3v) is 9.92. The van der Waals surface area contributed by atoms with Crippen molar-refractivity contribution < 1.29 is 19.3 Å². The van der Waals surface area contributed by atoms with Crippen molar-refractivity contribution in [3.8, 4) is 5.75 Å². The molecule has 0 aliphatic heterocycles. The van der Waals surface area contributed by atoms with E-state index in [1.54, 1.807) is 13.2 Å². The number of aliphatic hydroxyl groups excluding tert-OH is 2. The lowest BCUT2D eigenvalue weighted by molar-refractivity contribution is -0.0933. The van der Waals surface area contributed by atoms with Crippen molar-refractivity contribution in [2.75, 3.05) is 20.3 Å². The van der Waals surface area contributed by atoms with Crippen molar-refractivity contribution in [1.82, 2.24) is 5.32 Å². The van der Waals surface area contributed by atoms with Gasteiger partial charge in [0.15, 0.2) is 0 Å². The van der Waals surface area contributed by atoms with Gasteiger partial charge >= 0.3 is 0 Å². The molecular weight excluding hydrogens is 417 g/mol. The van der Waals surface area contributed by atoms with Gasteiger partial charge in [-0.05, 0) is 92.1 Å². The molecule has 3 N–H and O–H groups in total. The van der Waals surface area contributed by atoms with Gasteiger partial charge in [0.2, 0.25) is 0 Å². The Bertz CT molecular complexity index is 860. The number of nitrogens with one attached hydrogen (secondary N) is 1. The van der Waals surface area contributed by atoms with Gasteiger partial charge in [-0.3, -0.25) is 0 Å². The van der Waals surface area contributed by atoms with E-state index in [1.807, 2.05) is 6.07 Å². The van der Waals surface area contributed by atoms with Gasteiger partial charge in [0.25, 0.3) is 0 Å². The second kappa shape index (κ2) is 9.67. The second-order valence-corrected chi connectivity index (χ2v) is 11.4. The molecular formula is C28H42FNO3. The van der Waals surface area contributed by atoms with Crippen molar-refractivity contribution in [1.29, 1.82) is 0 Å². The second-order valence-electron chi connectivity index (χ2n) is 11.4. The Balaban J connectivity index is 1.55. The molecule has 0 heterocycles. The molecule has 1 aromatic rings. The molecule has 7 unspecified atom stereocenters. The lowest BCUT2D eigenvalue weighted by Crippen LogP contribution is -2.53. The summed E-state index contributed by atoms with van der Waals surface area (Å²) in [5.74, 6) is 1.89. The van der Waals surface area contributed by atoms with Crippen LogP contribution in [0.5, 0.6) is 5.75 Å².